The Bertz CT molecular complexity index is 1430. The molecule has 0 spiro atoms. The van der Waals surface area contributed by atoms with Crippen molar-refractivity contribution in [2.45, 2.75) is 51.4 Å². The fraction of sp³-hybridized carbons (Fsp3) is 0.353. The molecule has 3 amide bonds. The topological polar surface area (TPSA) is 92.8 Å². The number of hydrogen-bond donors (Lipinski definition) is 1. The summed E-state index contributed by atoms with van der Waals surface area (Å²) in [7, 11) is 0. The molecular weight excluding hydrogens is 516 g/mol. The predicted molar refractivity (Wildman–Crippen MR) is 154 cm³/mol. The Labute approximate surface area is 239 Å². The first kappa shape index (κ1) is 26.9. The number of benzene rings is 3. The first-order valence-electron chi connectivity index (χ1n) is 14.4. The largest absolute Gasteiger partial charge is 0.456 e. The van der Waals surface area contributed by atoms with Gasteiger partial charge < -0.3 is 10.1 Å². The molecule has 0 saturated carbocycles. The van der Waals surface area contributed by atoms with Gasteiger partial charge in [-0.15, -0.1) is 0 Å². The van der Waals surface area contributed by atoms with E-state index in [2.05, 4.69) is 29.6 Å². The van der Waals surface area contributed by atoms with E-state index >= 15 is 0 Å². The molecule has 1 N–H and O–H groups in total. The van der Waals surface area contributed by atoms with E-state index in [0.29, 0.717) is 31.5 Å². The lowest BCUT2D eigenvalue weighted by Gasteiger charge is -2.45. The number of imide groups is 1. The molecule has 7 rings (SSSR count). The number of carbonyl (C=O) groups is 4. The number of esters is 1. The lowest BCUT2D eigenvalue weighted by Crippen LogP contribution is -2.41. The minimum atomic E-state index is -0.437. The Morgan fingerprint density at radius 2 is 1.32 bits per heavy atom. The van der Waals surface area contributed by atoms with Crippen molar-refractivity contribution in [3.63, 3.8) is 0 Å². The molecule has 1 fully saturated rings. The summed E-state index contributed by atoms with van der Waals surface area (Å²) < 4.78 is 5.15. The van der Waals surface area contributed by atoms with Crippen LogP contribution in [0.1, 0.15) is 70.9 Å². The van der Waals surface area contributed by atoms with E-state index in [-0.39, 0.29) is 54.4 Å². The minimum absolute atomic E-state index is 0.0757. The molecule has 2 bridgehead atoms. The van der Waals surface area contributed by atoms with Crippen LogP contribution in [0.25, 0.3) is 0 Å². The average Bonchev–Trinajstić information content (AvgIpc) is 3.23. The number of nitrogens with one attached hydrogen (secondary N) is 1. The lowest BCUT2D eigenvalue weighted by atomic mass is 9.55. The summed E-state index contributed by atoms with van der Waals surface area (Å²) >= 11 is 0. The highest BCUT2D eigenvalue weighted by molar-refractivity contribution is 6.07. The molecule has 210 valence electrons. The molecule has 2 atom stereocenters. The van der Waals surface area contributed by atoms with Gasteiger partial charge in [-0.2, -0.15) is 0 Å². The van der Waals surface area contributed by atoms with Crippen LogP contribution in [0.5, 0.6) is 0 Å². The molecule has 7 heteroatoms. The third-order valence-corrected chi connectivity index (χ3v) is 9.05. The highest BCUT2D eigenvalue weighted by atomic mass is 16.5. The number of anilines is 1. The van der Waals surface area contributed by atoms with Crippen LogP contribution in [0, 0.1) is 25.7 Å². The minimum Gasteiger partial charge on any atom is -0.456 e. The van der Waals surface area contributed by atoms with Gasteiger partial charge in [-0.3, -0.25) is 24.1 Å². The zero-order valence-corrected chi connectivity index (χ0v) is 23.4. The number of likely N-dealkylation sites (tertiary alicyclic amines) is 1. The normalized spacial score (nSPS) is 21.8. The summed E-state index contributed by atoms with van der Waals surface area (Å²) in [4.78, 5) is 53.1. The highest BCUT2D eigenvalue weighted by Gasteiger charge is 2.61. The Hall–Kier alpha value is -4.26. The second-order valence-electron chi connectivity index (χ2n) is 11.4. The molecule has 7 nitrogen and oxygen atoms in total. The lowest BCUT2D eigenvalue weighted by molar-refractivity contribution is -0.147. The number of ether oxygens (including phenoxy) is 1. The molecule has 3 aromatic rings. The molecule has 0 unspecified atom stereocenters. The Morgan fingerprint density at radius 1 is 0.756 bits per heavy atom. The first-order valence-corrected chi connectivity index (χ1v) is 14.4. The molecule has 1 heterocycles. The first-order chi connectivity index (χ1) is 19.9. The summed E-state index contributed by atoms with van der Waals surface area (Å²) in [6, 6.07) is 22.1. The summed E-state index contributed by atoms with van der Waals surface area (Å²) in [5.41, 5.74) is 7.42. The number of amides is 3. The quantitative estimate of drug-likeness (QED) is 0.224. The molecule has 3 aromatic carbocycles. The second kappa shape index (κ2) is 11.0. The molecule has 0 radical (unpaired) electrons. The van der Waals surface area contributed by atoms with Crippen LogP contribution in [0.4, 0.5) is 5.69 Å². The van der Waals surface area contributed by atoms with Crippen LogP contribution >= 0.6 is 0 Å². The maximum atomic E-state index is 13.6. The van der Waals surface area contributed by atoms with Gasteiger partial charge in [0.25, 0.3) is 5.91 Å². The molecule has 1 saturated heterocycles. The van der Waals surface area contributed by atoms with E-state index in [9.17, 15) is 19.2 Å². The smallest absolute Gasteiger partial charge is 0.306 e. The molecule has 4 aliphatic rings. The van der Waals surface area contributed by atoms with E-state index in [1.165, 1.54) is 27.2 Å². The van der Waals surface area contributed by atoms with Gasteiger partial charge in [0.15, 0.2) is 6.61 Å². The van der Waals surface area contributed by atoms with E-state index in [0.717, 1.165) is 11.1 Å². The van der Waals surface area contributed by atoms with Crippen molar-refractivity contribution in [3.05, 3.63) is 100 Å². The van der Waals surface area contributed by atoms with E-state index in [1.54, 1.807) is 0 Å². The van der Waals surface area contributed by atoms with Crippen molar-refractivity contribution < 1.29 is 23.9 Å². The summed E-state index contributed by atoms with van der Waals surface area (Å²) in [5.74, 6) is -1.88. The molecule has 1 aliphatic heterocycles. The van der Waals surface area contributed by atoms with Crippen molar-refractivity contribution in [1.82, 2.24) is 4.90 Å². The summed E-state index contributed by atoms with van der Waals surface area (Å²) in [5, 5.41) is 2.78. The predicted octanol–water partition coefficient (Wildman–Crippen LogP) is 5.24. The zero-order valence-electron chi connectivity index (χ0n) is 23.4. The molecule has 41 heavy (non-hydrogen) atoms. The Morgan fingerprint density at radius 3 is 1.88 bits per heavy atom. The molecular formula is C34H34N2O5. The Balaban J connectivity index is 0.999. The third-order valence-electron chi connectivity index (χ3n) is 9.05. The maximum absolute atomic E-state index is 13.6. The van der Waals surface area contributed by atoms with Gasteiger partial charge in [0.1, 0.15) is 0 Å². The van der Waals surface area contributed by atoms with E-state index < -0.39 is 5.97 Å². The number of carbonyl (C=O) groups excluding carboxylic acids is 4. The SMILES string of the molecule is Cc1cccc(NC(=O)COC(=O)CCCCCN2C(=O)[C@@H]3C4c5ccccc5C(c5ccccc54)[C@@H]3C2=O)c1C. The summed E-state index contributed by atoms with van der Waals surface area (Å²) in [6.45, 7) is 3.91. The number of nitrogens with zero attached hydrogens (tertiary/aromatic N) is 1. The van der Waals surface area contributed by atoms with Gasteiger partial charge in [0.2, 0.25) is 11.8 Å². The fourth-order valence-corrected chi connectivity index (χ4v) is 6.97. The Kier molecular flexibility index (Phi) is 7.20. The van der Waals surface area contributed by atoms with Crippen LogP contribution < -0.4 is 5.32 Å². The van der Waals surface area contributed by atoms with Crippen LogP contribution in [0.2, 0.25) is 0 Å². The number of unbranched alkanes of at least 4 members (excludes halogenated alkanes) is 2. The average molecular weight is 551 g/mol. The van der Waals surface area contributed by atoms with Crippen LogP contribution in [-0.4, -0.2) is 41.7 Å². The van der Waals surface area contributed by atoms with Gasteiger partial charge in [0.05, 0.1) is 11.8 Å². The van der Waals surface area contributed by atoms with Crippen molar-refractivity contribution >= 4 is 29.4 Å². The van der Waals surface area contributed by atoms with Crippen LogP contribution in [0.15, 0.2) is 66.7 Å². The number of aryl methyl sites for hydroxylation is 1. The monoisotopic (exact) mass is 550 g/mol. The second-order valence-corrected chi connectivity index (χ2v) is 11.4. The van der Waals surface area contributed by atoms with Crippen molar-refractivity contribution in [2.75, 3.05) is 18.5 Å². The molecule has 0 aromatic heterocycles. The van der Waals surface area contributed by atoms with Gasteiger partial charge in [-0.1, -0.05) is 67.1 Å². The van der Waals surface area contributed by atoms with Crippen molar-refractivity contribution in [2.24, 2.45) is 11.8 Å². The van der Waals surface area contributed by atoms with Gasteiger partial charge >= 0.3 is 5.97 Å². The van der Waals surface area contributed by atoms with Gasteiger partial charge in [-0.25, -0.2) is 0 Å². The van der Waals surface area contributed by atoms with E-state index in [4.69, 9.17) is 4.74 Å². The van der Waals surface area contributed by atoms with Crippen LogP contribution in [0.3, 0.4) is 0 Å². The van der Waals surface area contributed by atoms with Gasteiger partial charge in [-0.05, 0) is 66.1 Å². The zero-order chi connectivity index (χ0) is 28.7. The number of hydrogen-bond acceptors (Lipinski definition) is 5. The van der Waals surface area contributed by atoms with Crippen molar-refractivity contribution in [3.8, 4) is 0 Å². The third kappa shape index (κ3) is 4.73. The maximum Gasteiger partial charge on any atom is 0.306 e. The van der Waals surface area contributed by atoms with Crippen LogP contribution in [-0.2, 0) is 23.9 Å². The van der Waals surface area contributed by atoms with Crippen molar-refractivity contribution in [1.29, 1.82) is 0 Å². The standard InChI is InChI=1S/C34H34N2O5/c1-20-11-10-16-26(21(20)2)35-27(37)19-41-28(38)17-4-3-9-18-36-33(39)31-29-22-12-5-6-13-23(22)30(32(31)34(36)40)25-15-8-7-14-24(25)29/h5-8,10-16,29-32H,3-4,9,17-19H2,1-2H3,(H,35,37)/t29?,30?,31-,32+. The summed E-state index contributed by atoms with van der Waals surface area (Å²) in [6.07, 6.45) is 2.03. The van der Waals surface area contributed by atoms with Gasteiger partial charge in [0, 0.05) is 30.5 Å². The number of rotatable bonds is 9. The molecule has 3 aliphatic carbocycles. The fourth-order valence-electron chi connectivity index (χ4n) is 6.97. The van der Waals surface area contributed by atoms with E-state index in [1.807, 2.05) is 56.3 Å². The highest BCUT2D eigenvalue weighted by Crippen LogP contribution is 2.60.